The van der Waals surface area contributed by atoms with E-state index in [4.69, 9.17) is 5.73 Å². The molecule has 0 aromatic carbocycles. The fourth-order valence-electron chi connectivity index (χ4n) is 2.13. The van der Waals surface area contributed by atoms with Crippen LogP contribution in [-0.4, -0.2) is 4.98 Å². The van der Waals surface area contributed by atoms with Crippen LogP contribution in [0.1, 0.15) is 49.7 Å². The summed E-state index contributed by atoms with van der Waals surface area (Å²) in [6.07, 6.45) is 7.02. The number of nitrogens with two attached hydrogens (primary N) is 1. The molecule has 2 rings (SSSR count). The quantitative estimate of drug-likeness (QED) is 0.833. The monoisotopic (exact) mass is 210 g/mol. The molecular formula is C11H18N2S. The van der Waals surface area contributed by atoms with Crippen LogP contribution in [0, 0.1) is 0 Å². The van der Waals surface area contributed by atoms with Crippen LogP contribution in [0.5, 0.6) is 0 Å². The number of hydrogen-bond acceptors (Lipinski definition) is 3. The van der Waals surface area contributed by atoms with Gasteiger partial charge in [0.05, 0.1) is 11.2 Å². The third-order valence-electron chi connectivity index (χ3n) is 2.98. The minimum absolute atomic E-state index is 0.0866. The zero-order valence-electron chi connectivity index (χ0n) is 8.75. The van der Waals surface area contributed by atoms with E-state index in [2.05, 4.69) is 17.3 Å². The molecule has 1 aromatic heterocycles. The summed E-state index contributed by atoms with van der Waals surface area (Å²) >= 11 is 1.75. The van der Waals surface area contributed by atoms with E-state index in [0.29, 0.717) is 0 Å². The normalized spacial score (nSPS) is 20.1. The van der Waals surface area contributed by atoms with Gasteiger partial charge in [-0.1, -0.05) is 26.2 Å². The molecule has 1 aliphatic rings. The predicted octanol–water partition coefficient (Wildman–Crippen LogP) is 2.82. The van der Waals surface area contributed by atoms with Gasteiger partial charge in [0.15, 0.2) is 0 Å². The van der Waals surface area contributed by atoms with Gasteiger partial charge in [-0.15, -0.1) is 11.3 Å². The van der Waals surface area contributed by atoms with Gasteiger partial charge in [0, 0.05) is 5.38 Å². The van der Waals surface area contributed by atoms with Gasteiger partial charge in [-0.25, -0.2) is 4.98 Å². The summed E-state index contributed by atoms with van der Waals surface area (Å²) in [5, 5.41) is 3.34. The fourth-order valence-corrected chi connectivity index (χ4v) is 3.15. The number of hydrogen-bond donors (Lipinski definition) is 1. The molecule has 14 heavy (non-hydrogen) atoms. The van der Waals surface area contributed by atoms with Crippen LogP contribution in [-0.2, 0) is 12.0 Å². The molecule has 2 nitrogen and oxygen atoms in total. The maximum Gasteiger partial charge on any atom is 0.113 e. The van der Waals surface area contributed by atoms with Crippen molar-refractivity contribution in [2.45, 2.75) is 51.0 Å². The molecule has 0 radical (unpaired) electrons. The van der Waals surface area contributed by atoms with Crippen molar-refractivity contribution in [3.63, 3.8) is 0 Å². The predicted molar refractivity (Wildman–Crippen MR) is 60.4 cm³/mol. The summed E-state index contributed by atoms with van der Waals surface area (Å²) in [6, 6.07) is 0. The summed E-state index contributed by atoms with van der Waals surface area (Å²) < 4.78 is 0. The van der Waals surface area contributed by atoms with Crippen LogP contribution in [0.15, 0.2) is 5.38 Å². The van der Waals surface area contributed by atoms with Gasteiger partial charge < -0.3 is 5.73 Å². The molecule has 1 fully saturated rings. The lowest BCUT2D eigenvalue weighted by atomic mass is 10.0. The molecule has 1 heterocycles. The average Bonchev–Trinajstić information content (AvgIpc) is 2.75. The van der Waals surface area contributed by atoms with E-state index in [-0.39, 0.29) is 5.54 Å². The van der Waals surface area contributed by atoms with Gasteiger partial charge in [-0.2, -0.15) is 0 Å². The van der Waals surface area contributed by atoms with Crippen molar-refractivity contribution in [3.8, 4) is 0 Å². The van der Waals surface area contributed by atoms with Gasteiger partial charge in [0.1, 0.15) is 5.01 Å². The molecule has 1 saturated carbocycles. The molecule has 1 aliphatic carbocycles. The Kier molecular flexibility index (Phi) is 2.88. The molecule has 0 amide bonds. The Labute approximate surface area is 89.5 Å². The summed E-state index contributed by atoms with van der Waals surface area (Å²) in [4.78, 5) is 4.65. The molecule has 0 spiro atoms. The molecule has 1 aromatic rings. The van der Waals surface area contributed by atoms with Gasteiger partial charge in [-0.3, -0.25) is 0 Å². The van der Waals surface area contributed by atoms with Crippen LogP contribution < -0.4 is 5.73 Å². The van der Waals surface area contributed by atoms with E-state index in [1.165, 1.54) is 30.0 Å². The molecule has 0 unspecified atom stereocenters. The number of rotatable bonds is 3. The van der Waals surface area contributed by atoms with Crippen LogP contribution in [0.2, 0.25) is 0 Å². The first-order valence-electron chi connectivity index (χ1n) is 5.48. The van der Waals surface area contributed by atoms with E-state index in [1.807, 2.05) is 0 Å². The fraction of sp³-hybridized carbons (Fsp3) is 0.727. The van der Waals surface area contributed by atoms with E-state index >= 15 is 0 Å². The second kappa shape index (κ2) is 3.99. The molecule has 0 aliphatic heterocycles. The summed E-state index contributed by atoms with van der Waals surface area (Å²) in [5.41, 5.74) is 7.48. The van der Waals surface area contributed by atoms with Gasteiger partial charge in [0.25, 0.3) is 0 Å². The Bertz CT molecular complexity index is 300. The number of aromatic nitrogens is 1. The number of thiazole rings is 1. The van der Waals surface area contributed by atoms with Gasteiger partial charge in [0.2, 0.25) is 0 Å². The first kappa shape index (κ1) is 10.1. The summed E-state index contributed by atoms with van der Waals surface area (Å²) in [7, 11) is 0. The highest BCUT2D eigenvalue weighted by molar-refractivity contribution is 7.09. The van der Waals surface area contributed by atoms with Crippen molar-refractivity contribution in [1.82, 2.24) is 4.98 Å². The second-order valence-corrected chi connectivity index (χ2v) is 5.12. The molecule has 0 bridgehead atoms. The van der Waals surface area contributed by atoms with Crippen molar-refractivity contribution in [3.05, 3.63) is 16.1 Å². The largest absolute Gasteiger partial charge is 0.319 e. The lowest BCUT2D eigenvalue weighted by Gasteiger charge is -2.19. The third kappa shape index (κ3) is 1.84. The van der Waals surface area contributed by atoms with Crippen molar-refractivity contribution >= 4 is 11.3 Å². The first-order valence-corrected chi connectivity index (χ1v) is 6.36. The number of nitrogens with zero attached hydrogens (tertiary/aromatic N) is 1. The van der Waals surface area contributed by atoms with Crippen LogP contribution in [0.4, 0.5) is 0 Å². The maximum absolute atomic E-state index is 6.34. The summed E-state index contributed by atoms with van der Waals surface area (Å²) in [5.74, 6) is 0. The second-order valence-electron chi connectivity index (χ2n) is 4.26. The maximum atomic E-state index is 6.34. The molecule has 2 N–H and O–H groups in total. The standard InChI is InChI=1S/C11H18N2S/c1-2-5-9-8-14-10(13-9)11(12)6-3-4-7-11/h8H,2-7,12H2,1H3. The van der Waals surface area contributed by atoms with Crippen LogP contribution in [0.3, 0.4) is 0 Å². The van der Waals surface area contributed by atoms with Crippen molar-refractivity contribution in [2.75, 3.05) is 0 Å². The minimum Gasteiger partial charge on any atom is -0.319 e. The smallest absolute Gasteiger partial charge is 0.113 e. The topological polar surface area (TPSA) is 38.9 Å². The van der Waals surface area contributed by atoms with E-state index in [1.54, 1.807) is 11.3 Å². The van der Waals surface area contributed by atoms with E-state index < -0.39 is 0 Å². The molecule has 0 saturated heterocycles. The Morgan fingerprint density at radius 1 is 1.50 bits per heavy atom. The molecule has 0 atom stereocenters. The van der Waals surface area contributed by atoms with Gasteiger partial charge in [-0.05, 0) is 19.3 Å². The highest BCUT2D eigenvalue weighted by Crippen LogP contribution is 2.37. The zero-order valence-corrected chi connectivity index (χ0v) is 9.57. The Morgan fingerprint density at radius 2 is 2.21 bits per heavy atom. The Balaban J connectivity index is 2.15. The molecular weight excluding hydrogens is 192 g/mol. The Hall–Kier alpha value is -0.410. The third-order valence-corrected chi connectivity index (χ3v) is 4.09. The minimum atomic E-state index is -0.0866. The first-order chi connectivity index (χ1) is 6.74. The van der Waals surface area contributed by atoms with Gasteiger partial charge >= 0.3 is 0 Å². The zero-order chi connectivity index (χ0) is 10.0. The average molecular weight is 210 g/mol. The Morgan fingerprint density at radius 3 is 2.86 bits per heavy atom. The summed E-state index contributed by atoms with van der Waals surface area (Å²) in [6.45, 7) is 2.19. The van der Waals surface area contributed by atoms with Crippen LogP contribution >= 0.6 is 11.3 Å². The molecule has 3 heteroatoms. The van der Waals surface area contributed by atoms with E-state index in [0.717, 1.165) is 19.3 Å². The SMILES string of the molecule is CCCc1csc(C2(N)CCCC2)n1. The van der Waals surface area contributed by atoms with Crippen molar-refractivity contribution in [2.24, 2.45) is 5.73 Å². The highest BCUT2D eigenvalue weighted by Gasteiger charge is 2.33. The number of aryl methyl sites for hydroxylation is 1. The molecule has 78 valence electrons. The lowest BCUT2D eigenvalue weighted by Crippen LogP contribution is -2.32. The van der Waals surface area contributed by atoms with E-state index in [9.17, 15) is 0 Å². The van der Waals surface area contributed by atoms with Crippen molar-refractivity contribution < 1.29 is 0 Å². The highest BCUT2D eigenvalue weighted by atomic mass is 32.1. The van der Waals surface area contributed by atoms with Crippen molar-refractivity contribution in [1.29, 1.82) is 0 Å². The van der Waals surface area contributed by atoms with Crippen LogP contribution in [0.25, 0.3) is 0 Å². The lowest BCUT2D eigenvalue weighted by molar-refractivity contribution is 0.458.